The van der Waals surface area contributed by atoms with E-state index in [1.54, 1.807) is 17.2 Å². The van der Waals surface area contributed by atoms with Gasteiger partial charge in [-0.25, -0.2) is 0 Å². The second-order valence-corrected chi connectivity index (χ2v) is 8.45. The third-order valence-corrected chi connectivity index (χ3v) is 6.49. The number of carbonyl (C=O) groups excluding carboxylic acids is 2. The fourth-order valence-corrected chi connectivity index (χ4v) is 4.95. The molecule has 0 spiro atoms. The van der Waals surface area contributed by atoms with E-state index in [4.69, 9.17) is 10.2 Å². The fourth-order valence-electron chi connectivity index (χ4n) is 4.01. The molecule has 2 aliphatic rings. The molecule has 1 aromatic heterocycles. The first-order valence-electron chi connectivity index (χ1n) is 9.76. The van der Waals surface area contributed by atoms with Crippen LogP contribution in [0.1, 0.15) is 49.5 Å². The molecule has 1 aliphatic carbocycles. The Kier molecular flexibility index (Phi) is 5.62. The van der Waals surface area contributed by atoms with Gasteiger partial charge in [0.15, 0.2) is 0 Å². The Hall–Kier alpha value is -2.41. The summed E-state index contributed by atoms with van der Waals surface area (Å²) in [5.41, 5.74) is 7.41. The van der Waals surface area contributed by atoms with Crippen LogP contribution in [0.25, 0.3) is 0 Å². The molecule has 1 unspecified atom stereocenters. The highest BCUT2D eigenvalue weighted by molar-refractivity contribution is 8.00. The Morgan fingerprint density at radius 1 is 1.25 bits per heavy atom. The zero-order valence-corrected chi connectivity index (χ0v) is 16.5. The highest BCUT2D eigenvalue weighted by Gasteiger charge is 2.37. The normalized spacial score (nSPS) is 20.5. The van der Waals surface area contributed by atoms with E-state index >= 15 is 0 Å². The van der Waals surface area contributed by atoms with Gasteiger partial charge in [0, 0.05) is 16.6 Å². The predicted octanol–water partition coefficient (Wildman–Crippen LogP) is 3.49. The van der Waals surface area contributed by atoms with Gasteiger partial charge in [0.25, 0.3) is 0 Å². The predicted molar refractivity (Wildman–Crippen MR) is 109 cm³/mol. The van der Waals surface area contributed by atoms with Crippen LogP contribution in [0.5, 0.6) is 0 Å². The first-order chi connectivity index (χ1) is 13.6. The maximum atomic E-state index is 13.4. The Bertz CT molecular complexity index is 847. The SMILES string of the molecule is Nc1ccc2c(c1)C(C(=O)NC1CCCCC1)N(Cc1ccco1)C(=O)CS2. The number of fused-ring (bicyclic) bond motifs is 1. The fraction of sp³-hybridized carbons (Fsp3) is 0.429. The summed E-state index contributed by atoms with van der Waals surface area (Å²) in [5, 5.41) is 3.19. The van der Waals surface area contributed by atoms with Gasteiger partial charge in [0.1, 0.15) is 11.8 Å². The van der Waals surface area contributed by atoms with Crippen molar-refractivity contribution in [2.75, 3.05) is 11.5 Å². The molecule has 1 fully saturated rings. The van der Waals surface area contributed by atoms with E-state index in [0.29, 0.717) is 11.4 Å². The van der Waals surface area contributed by atoms with Gasteiger partial charge in [-0.1, -0.05) is 19.3 Å². The summed E-state index contributed by atoms with van der Waals surface area (Å²) >= 11 is 1.45. The van der Waals surface area contributed by atoms with Gasteiger partial charge in [-0.05, 0) is 48.7 Å². The van der Waals surface area contributed by atoms with Gasteiger partial charge in [-0.3, -0.25) is 9.59 Å². The van der Waals surface area contributed by atoms with Crippen molar-refractivity contribution >= 4 is 29.3 Å². The number of amides is 2. The van der Waals surface area contributed by atoms with Crippen molar-refractivity contribution in [2.24, 2.45) is 0 Å². The average molecular weight is 400 g/mol. The second kappa shape index (κ2) is 8.31. The number of hydrogen-bond donors (Lipinski definition) is 2. The Balaban J connectivity index is 1.69. The van der Waals surface area contributed by atoms with Crippen LogP contribution in [0.3, 0.4) is 0 Å². The van der Waals surface area contributed by atoms with E-state index in [1.165, 1.54) is 18.2 Å². The van der Waals surface area contributed by atoms with Crippen molar-refractivity contribution in [1.29, 1.82) is 0 Å². The van der Waals surface area contributed by atoms with Crippen molar-refractivity contribution < 1.29 is 14.0 Å². The third-order valence-electron chi connectivity index (χ3n) is 5.42. The van der Waals surface area contributed by atoms with Crippen molar-refractivity contribution in [3.8, 4) is 0 Å². The maximum absolute atomic E-state index is 13.4. The lowest BCUT2D eigenvalue weighted by Crippen LogP contribution is -2.46. The third kappa shape index (κ3) is 4.04. The molecule has 28 heavy (non-hydrogen) atoms. The van der Waals surface area contributed by atoms with E-state index < -0.39 is 6.04 Å². The Labute approximate surface area is 168 Å². The molecular weight excluding hydrogens is 374 g/mol. The summed E-state index contributed by atoms with van der Waals surface area (Å²) in [6, 6.07) is 8.60. The largest absolute Gasteiger partial charge is 0.467 e. The molecule has 0 saturated heterocycles. The highest BCUT2D eigenvalue weighted by atomic mass is 32.2. The van der Waals surface area contributed by atoms with Gasteiger partial charge in [0.2, 0.25) is 11.8 Å². The number of hydrogen-bond acceptors (Lipinski definition) is 5. The molecule has 0 radical (unpaired) electrons. The second-order valence-electron chi connectivity index (χ2n) is 7.43. The van der Waals surface area contributed by atoms with Crippen molar-refractivity contribution in [3.05, 3.63) is 47.9 Å². The van der Waals surface area contributed by atoms with Crippen LogP contribution in [0.15, 0.2) is 45.9 Å². The summed E-state index contributed by atoms with van der Waals surface area (Å²) in [5.74, 6) is 0.715. The number of benzene rings is 1. The van der Waals surface area contributed by atoms with E-state index in [2.05, 4.69) is 5.32 Å². The Morgan fingerprint density at radius 2 is 2.07 bits per heavy atom. The zero-order chi connectivity index (χ0) is 19.5. The lowest BCUT2D eigenvalue weighted by molar-refractivity contribution is -0.140. The molecular formula is C21H25N3O3S. The van der Waals surface area contributed by atoms with Crippen molar-refractivity contribution in [3.63, 3.8) is 0 Å². The average Bonchev–Trinajstić information content (AvgIpc) is 3.16. The van der Waals surface area contributed by atoms with E-state index in [9.17, 15) is 9.59 Å². The molecule has 148 valence electrons. The van der Waals surface area contributed by atoms with Crippen LogP contribution in [-0.4, -0.2) is 28.5 Å². The van der Waals surface area contributed by atoms with Crippen LogP contribution in [-0.2, 0) is 16.1 Å². The van der Waals surface area contributed by atoms with Gasteiger partial charge >= 0.3 is 0 Å². The number of anilines is 1. The first kappa shape index (κ1) is 18.9. The van der Waals surface area contributed by atoms with Gasteiger partial charge in [0.05, 0.1) is 18.6 Å². The molecule has 2 heterocycles. The molecule has 0 bridgehead atoms. The summed E-state index contributed by atoms with van der Waals surface area (Å²) in [6.45, 7) is 0.253. The highest BCUT2D eigenvalue weighted by Crippen LogP contribution is 2.37. The lowest BCUT2D eigenvalue weighted by atomic mass is 9.94. The zero-order valence-electron chi connectivity index (χ0n) is 15.7. The summed E-state index contributed by atoms with van der Waals surface area (Å²) in [4.78, 5) is 28.9. The van der Waals surface area contributed by atoms with E-state index in [-0.39, 0.29) is 30.2 Å². The smallest absolute Gasteiger partial charge is 0.247 e. The molecule has 4 rings (SSSR count). The number of furan rings is 1. The molecule has 2 aromatic rings. The molecule has 7 heteroatoms. The lowest BCUT2D eigenvalue weighted by Gasteiger charge is -2.32. The minimum atomic E-state index is -0.715. The number of nitrogens with one attached hydrogen (secondary N) is 1. The standard InChI is InChI=1S/C21H25N3O3S/c22-14-8-9-18-17(11-14)20(21(26)23-15-5-2-1-3-6-15)24(19(25)13-28-18)12-16-7-4-10-27-16/h4,7-11,15,20H,1-3,5-6,12-13,22H2,(H,23,26). The molecule has 3 N–H and O–H groups in total. The molecule has 1 aliphatic heterocycles. The summed E-state index contributed by atoms with van der Waals surface area (Å²) < 4.78 is 5.46. The number of nitrogen functional groups attached to an aromatic ring is 1. The van der Waals surface area contributed by atoms with Crippen molar-refractivity contribution in [1.82, 2.24) is 10.2 Å². The molecule has 1 saturated carbocycles. The van der Waals surface area contributed by atoms with Crippen LogP contribution in [0.4, 0.5) is 5.69 Å². The summed E-state index contributed by atoms with van der Waals surface area (Å²) in [7, 11) is 0. The van der Waals surface area contributed by atoms with Crippen LogP contribution >= 0.6 is 11.8 Å². The van der Waals surface area contributed by atoms with Crippen LogP contribution in [0, 0.1) is 0 Å². The van der Waals surface area contributed by atoms with Gasteiger partial charge in [-0.2, -0.15) is 0 Å². The Morgan fingerprint density at radius 3 is 2.82 bits per heavy atom. The molecule has 6 nitrogen and oxygen atoms in total. The number of nitrogens with zero attached hydrogens (tertiary/aromatic N) is 1. The molecule has 1 atom stereocenters. The number of thioether (sulfide) groups is 1. The first-order valence-corrected chi connectivity index (χ1v) is 10.7. The molecule has 1 aromatic carbocycles. The number of nitrogens with two attached hydrogens (primary N) is 1. The van der Waals surface area contributed by atoms with E-state index in [1.807, 2.05) is 24.3 Å². The van der Waals surface area contributed by atoms with Crippen LogP contribution < -0.4 is 11.1 Å². The quantitative estimate of drug-likeness (QED) is 0.769. The van der Waals surface area contributed by atoms with Gasteiger partial charge in [-0.15, -0.1) is 11.8 Å². The van der Waals surface area contributed by atoms with Crippen molar-refractivity contribution in [2.45, 2.75) is 55.6 Å². The van der Waals surface area contributed by atoms with E-state index in [0.717, 1.165) is 36.1 Å². The maximum Gasteiger partial charge on any atom is 0.247 e. The minimum Gasteiger partial charge on any atom is -0.467 e. The number of rotatable bonds is 4. The number of carbonyl (C=O) groups is 2. The monoisotopic (exact) mass is 399 g/mol. The minimum absolute atomic E-state index is 0.0834. The van der Waals surface area contributed by atoms with Crippen LogP contribution in [0.2, 0.25) is 0 Å². The summed E-state index contributed by atoms with van der Waals surface area (Å²) in [6.07, 6.45) is 7.03. The van der Waals surface area contributed by atoms with Gasteiger partial charge < -0.3 is 20.4 Å². The topological polar surface area (TPSA) is 88.6 Å². The molecule has 2 amide bonds.